The van der Waals surface area contributed by atoms with Crippen LogP contribution in [0.4, 0.5) is 0 Å². The molecule has 5 nitrogen and oxygen atoms in total. The van der Waals surface area contributed by atoms with E-state index in [0.717, 1.165) is 35.7 Å². The molecule has 2 aromatic carbocycles. The Balaban J connectivity index is 1.66. The van der Waals surface area contributed by atoms with Crippen molar-refractivity contribution in [2.24, 2.45) is 0 Å². The van der Waals surface area contributed by atoms with Crippen molar-refractivity contribution in [1.29, 1.82) is 0 Å². The SMILES string of the molecule is O=C1CCCN1CCCn1c(=S)[nH]c2cc3ccccc3cc2c1=O. The molecule has 1 N–H and O–H groups in total. The summed E-state index contributed by atoms with van der Waals surface area (Å²) in [5.74, 6) is 0.211. The number of amides is 1. The van der Waals surface area contributed by atoms with Gasteiger partial charge in [-0.2, -0.15) is 0 Å². The number of aromatic amines is 1. The Morgan fingerprint density at radius 2 is 1.84 bits per heavy atom. The number of hydrogen-bond acceptors (Lipinski definition) is 3. The summed E-state index contributed by atoms with van der Waals surface area (Å²) in [6.45, 7) is 2.01. The van der Waals surface area contributed by atoms with Crippen LogP contribution >= 0.6 is 12.2 Å². The van der Waals surface area contributed by atoms with Crippen molar-refractivity contribution in [2.45, 2.75) is 25.8 Å². The maximum absolute atomic E-state index is 12.9. The fraction of sp³-hybridized carbons (Fsp3) is 0.316. The monoisotopic (exact) mass is 353 g/mol. The zero-order valence-electron chi connectivity index (χ0n) is 13.8. The lowest BCUT2D eigenvalue weighted by molar-refractivity contribution is -0.127. The number of nitrogens with zero attached hydrogens (tertiary/aromatic N) is 2. The fourth-order valence-corrected chi connectivity index (χ4v) is 3.79. The molecule has 1 saturated heterocycles. The predicted molar refractivity (Wildman–Crippen MR) is 101 cm³/mol. The van der Waals surface area contributed by atoms with E-state index in [1.165, 1.54) is 0 Å². The maximum Gasteiger partial charge on any atom is 0.262 e. The molecule has 1 aliphatic rings. The molecule has 0 saturated carbocycles. The number of carbonyl (C=O) groups excluding carboxylic acids is 1. The molecule has 128 valence electrons. The largest absolute Gasteiger partial charge is 0.343 e. The smallest absolute Gasteiger partial charge is 0.262 e. The second-order valence-corrected chi connectivity index (χ2v) is 6.86. The molecule has 25 heavy (non-hydrogen) atoms. The van der Waals surface area contributed by atoms with Gasteiger partial charge in [0.25, 0.3) is 5.56 Å². The van der Waals surface area contributed by atoms with Crippen LogP contribution in [0.25, 0.3) is 21.7 Å². The fourth-order valence-electron chi connectivity index (χ4n) is 3.50. The van der Waals surface area contributed by atoms with Gasteiger partial charge in [0.15, 0.2) is 4.77 Å². The van der Waals surface area contributed by atoms with Crippen molar-refractivity contribution in [1.82, 2.24) is 14.5 Å². The summed E-state index contributed by atoms with van der Waals surface area (Å²) >= 11 is 5.39. The molecular formula is C19H19N3O2S. The average molecular weight is 353 g/mol. The zero-order chi connectivity index (χ0) is 17.4. The van der Waals surface area contributed by atoms with Gasteiger partial charge in [-0.3, -0.25) is 14.2 Å². The molecule has 0 unspecified atom stereocenters. The minimum atomic E-state index is -0.0720. The van der Waals surface area contributed by atoms with Crippen LogP contribution in [-0.4, -0.2) is 33.4 Å². The Morgan fingerprint density at radius 1 is 1.08 bits per heavy atom. The van der Waals surface area contributed by atoms with Crippen LogP contribution in [0.1, 0.15) is 19.3 Å². The van der Waals surface area contributed by atoms with Gasteiger partial charge in [-0.05, 0) is 48.0 Å². The van der Waals surface area contributed by atoms with Gasteiger partial charge < -0.3 is 9.88 Å². The van der Waals surface area contributed by atoms with E-state index >= 15 is 0 Å². The Morgan fingerprint density at radius 3 is 2.56 bits per heavy atom. The first kappa shape index (κ1) is 16.0. The van der Waals surface area contributed by atoms with E-state index in [1.54, 1.807) is 4.57 Å². The highest BCUT2D eigenvalue weighted by Crippen LogP contribution is 2.19. The second-order valence-electron chi connectivity index (χ2n) is 6.47. The van der Waals surface area contributed by atoms with Gasteiger partial charge in [0.05, 0.1) is 10.9 Å². The Labute approximate surface area is 149 Å². The molecule has 0 atom stereocenters. The first-order valence-corrected chi connectivity index (χ1v) is 8.98. The van der Waals surface area contributed by atoms with Crippen molar-refractivity contribution in [3.8, 4) is 0 Å². The summed E-state index contributed by atoms with van der Waals surface area (Å²) in [5.41, 5.74) is 0.692. The van der Waals surface area contributed by atoms with E-state index in [4.69, 9.17) is 12.2 Å². The van der Waals surface area contributed by atoms with Crippen molar-refractivity contribution in [3.63, 3.8) is 0 Å². The van der Waals surface area contributed by atoms with E-state index in [1.807, 2.05) is 41.3 Å². The number of benzene rings is 2. The highest BCUT2D eigenvalue weighted by molar-refractivity contribution is 7.71. The van der Waals surface area contributed by atoms with Crippen LogP contribution in [0.5, 0.6) is 0 Å². The number of H-pyrrole nitrogens is 1. The van der Waals surface area contributed by atoms with Crippen LogP contribution in [0.3, 0.4) is 0 Å². The third-order valence-corrected chi connectivity index (χ3v) is 5.15. The lowest BCUT2D eigenvalue weighted by Crippen LogP contribution is -2.28. The van der Waals surface area contributed by atoms with E-state index in [2.05, 4.69) is 4.98 Å². The Hall–Kier alpha value is -2.47. The quantitative estimate of drug-likeness (QED) is 0.579. The van der Waals surface area contributed by atoms with Crippen molar-refractivity contribution in [2.75, 3.05) is 13.1 Å². The third kappa shape index (κ3) is 2.98. The van der Waals surface area contributed by atoms with Crippen LogP contribution < -0.4 is 5.56 Å². The van der Waals surface area contributed by atoms with Crippen LogP contribution in [-0.2, 0) is 11.3 Å². The highest BCUT2D eigenvalue weighted by Gasteiger charge is 2.19. The van der Waals surface area contributed by atoms with Gasteiger partial charge in [-0.15, -0.1) is 0 Å². The van der Waals surface area contributed by atoms with Crippen LogP contribution in [0, 0.1) is 4.77 Å². The number of hydrogen-bond donors (Lipinski definition) is 1. The molecule has 4 rings (SSSR count). The first-order chi connectivity index (χ1) is 12.1. The molecule has 1 aromatic heterocycles. The molecule has 0 bridgehead atoms. The van der Waals surface area contributed by atoms with E-state index in [-0.39, 0.29) is 11.5 Å². The molecule has 0 spiro atoms. The van der Waals surface area contributed by atoms with Gasteiger partial charge in [0.2, 0.25) is 5.91 Å². The van der Waals surface area contributed by atoms with E-state index in [0.29, 0.717) is 29.7 Å². The zero-order valence-corrected chi connectivity index (χ0v) is 14.6. The Kier molecular flexibility index (Phi) is 4.13. The summed E-state index contributed by atoms with van der Waals surface area (Å²) in [7, 11) is 0. The Bertz CT molecular complexity index is 1080. The van der Waals surface area contributed by atoms with Gasteiger partial charge in [-0.25, -0.2) is 0 Å². The number of rotatable bonds is 4. The van der Waals surface area contributed by atoms with E-state index < -0.39 is 0 Å². The van der Waals surface area contributed by atoms with Crippen LogP contribution in [0.15, 0.2) is 41.2 Å². The molecule has 1 fully saturated rings. The topological polar surface area (TPSA) is 58.1 Å². The molecular weight excluding hydrogens is 334 g/mol. The molecule has 1 aliphatic heterocycles. The predicted octanol–water partition coefficient (Wildman–Crippen LogP) is 3.22. The van der Waals surface area contributed by atoms with Crippen molar-refractivity contribution in [3.05, 3.63) is 51.5 Å². The van der Waals surface area contributed by atoms with Gasteiger partial charge >= 0.3 is 0 Å². The highest BCUT2D eigenvalue weighted by atomic mass is 32.1. The number of likely N-dealkylation sites (tertiary alicyclic amines) is 1. The maximum atomic E-state index is 12.9. The number of fused-ring (bicyclic) bond motifs is 2. The second kappa shape index (κ2) is 6.44. The van der Waals surface area contributed by atoms with Gasteiger partial charge in [0, 0.05) is 26.1 Å². The van der Waals surface area contributed by atoms with Crippen molar-refractivity contribution < 1.29 is 4.79 Å². The molecule has 3 aromatic rings. The van der Waals surface area contributed by atoms with Gasteiger partial charge in [-0.1, -0.05) is 24.3 Å². The number of carbonyl (C=O) groups is 1. The standard InChI is InChI=1S/C19H19N3O2S/c23-17-7-3-8-21(17)9-4-10-22-18(24)15-11-13-5-1-2-6-14(13)12-16(15)20-19(22)25/h1-2,5-6,11-12H,3-4,7-10H2,(H,20,25). The normalized spacial score (nSPS) is 14.7. The summed E-state index contributed by atoms with van der Waals surface area (Å²) in [6, 6.07) is 11.8. The number of nitrogens with one attached hydrogen (secondary N) is 1. The molecule has 1 amide bonds. The third-order valence-electron chi connectivity index (χ3n) is 4.83. The molecule has 2 heterocycles. The van der Waals surface area contributed by atoms with E-state index in [9.17, 15) is 9.59 Å². The van der Waals surface area contributed by atoms with Crippen molar-refractivity contribution >= 4 is 39.8 Å². The van der Waals surface area contributed by atoms with Crippen LogP contribution in [0.2, 0.25) is 0 Å². The average Bonchev–Trinajstić information content (AvgIpc) is 3.01. The lowest BCUT2D eigenvalue weighted by Gasteiger charge is -2.16. The molecule has 0 aliphatic carbocycles. The molecule has 0 radical (unpaired) electrons. The number of aromatic nitrogens is 2. The summed E-state index contributed by atoms with van der Waals surface area (Å²) in [4.78, 5) is 29.6. The molecule has 6 heteroatoms. The lowest BCUT2D eigenvalue weighted by atomic mass is 10.1. The minimum Gasteiger partial charge on any atom is -0.343 e. The summed E-state index contributed by atoms with van der Waals surface area (Å²) in [5, 5.41) is 2.75. The first-order valence-electron chi connectivity index (χ1n) is 8.57. The van der Waals surface area contributed by atoms with Gasteiger partial charge in [0.1, 0.15) is 0 Å². The summed E-state index contributed by atoms with van der Waals surface area (Å²) < 4.78 is 2.04. The summed E-state index contributed by atoms with van der Waals surface area (Å²) in [6.07, 6.45) is 2.30. The minimum absolute atomic E-state index is 0.0720.